The Kier molecular flexibility index (Phi) is 5.64. The van der Waals surface area contributed by atoms with Gasteiger partial charge in [-0.05, 0) is 24.3 Å². The third-order valence-electron chi connectivity index (χ3n) is 3.72. The molecule has 0 atom stereocenters. The molecule has 3 aromatic rings. The fourth-order valence-corrected chi connectivity index (χ4v) is 2.34. The van der Waals surface area contributed by atoms with Crippen LogP contribution in [0.5, 0.6) is 11.5 Å². The van der Waals surface area contributed by atoms with E-state index in [-0.39, 0.29) is 11.5 Å². The zero-order valence-electron chi connectivity index (χ0n) is 15.0. The summed E-state index contributed by atoms with van der Waals surface area (Å²) in [6.45, 7) is 0. The molecule has 144 valence electrons. The van der Waals surface area contributed by atoms with Gasteiger partial charge < -0.3 is 20.1 Å². The second kappa shape index (κ2) is 8.30. The van der Waals surface area contributed by atoms with Crippen LogP contribution in [0.25, 0.3) is 0 Å². The highest BCUT2D eigenvalue weighted by Crippen LogP contribution is 2.29. The number of ether oxygens (including phenoxy) is 2. The molecule has 1 heterocycles. The molecular formula is C19H16F2N4O3. The minimum atomic E-state index is -0.983. The molecule has 1 amide bonds. The number of hydrogen-bond donors (Lipinski definition) is 2. The van der Waals surface area contributed by atoms with Crippen molar-refractivity contribution in [2.75, 3.05) is 24.9 Å². The van der Waals surface area contributed by atoms with E-state index in [0.717, 1.165) is 12.1 Å². The Morgan fingerprint density at radius 1 is 0.893 bits per heavy atom. The van der Waals surface area contributed by atoms with Crippen LogP contribution in [0.3, 0.4) is 0 Å². The van der Waals surface area contributed by atoms with Gasteiger partial charge in [0.1, 0.15) is 11.5 Å². The number of halogens is 2. The molecule has 28 heavy (non-hydrogen) atoms. The van der Waals surface area contributed by atoms with Crippen LogP contribution < -0.4 is 20.1 Å². The number of methoxy groups -OCH3 is 2. The third kappa shape index (κ3) is 4.32. The van der Waals surface area contributed by atoms with E-state index in [1.54, 1.807) is 18.2 Å². The molecule has 0 saturated heterocycles. The number of hydrogen-bond acceptors (Lipinski definition) is 6. The van der Waals surface area contributed by atoms with Gasteiger partial charge in [-0.25, -0.2) is 18.7 Å². The molecule has 0 fully saturated rings. The maximum Gasteiger partial charge on any atom is 0.275 e. The van der Waals surface area contributed by atoms with Crippen molar-refractivity contribution < 1.29 is 23.0 Å². The van der Waals surface area contributed by atoms with Crippen LogP contribution in [-0.4, -0.2) is 30.1 Å². The number of aromatic nitrogens is 2. The SMILES string of the molecule is COc1ccc(NC(=O)c2cnc(Nc3ccc(F)c(F)c3)cn2)cc1OC. The number of rotatable bonds is 6. The van der Waals surface area contributed by atoms with Crippen molar-refractivity contribution in [1.82, 2.24) is 9.97 Å². The van der Waals surface area contributed by atoms with Crippen LogP contribution in [0.4, 0.5) is 26.0 Å². The summed E-state index contributed by atoms with van der Waals surface area (Å²) >= 11 is 0. The fourth-order valence-electron chi connectivity index (χ4n) is 2.34. The largest absolute Gasteiger partial charge is 0.493 e. The zero-order valence-corrected chi connectivity index (χ0v) is 15.0. The van der Waals surface area contributed by atoms with Gasteiger partial charge >= 0.3 is 0 Å². The second-order valence-electron chi connectivity index (χ2n) is 5.56. The molecule has 2 N–H and O–H groups in total. The Morgan fingerprint density at radius 3 is 2.29 bits per heavy atom. The van der Waals surface area contributed by atoms with Gasteiger partial charge in [0, 0.05) is 23.5 Å². The molecule has 0 spiro atoms. The van der Waals surface area contributed by atoms with Crippen LogP contribution in [0.15, 0.2) is 48.8 Å². The topological polar surface area (TPSA) is 85.4 Å². The fraction of sp³-hybridized carbons (Fsp3) is 0.105. The van der Waals surface area contributed by atoms with Crippen LogP contribution in [0, 0.1) is 11.6 Å². The molecule has 3 rings (SSSR count). The molecule has 0 saturated carbocycles. The first-order chi connectivity index (χ1) is 13.5. The first kappa shape index (κ1) is 19.0. The molecule has 0 radical (unpaired) electrons. The number of anilines is 3. The summed E-state index contributed by atoms with van der Waals surface area (Å²) in [5.41, 5.74) is 0.870. The second-order valence-corrected chi connectivity index (χ2v) is 5.56. The molecular weight excluding hydrogens is 370 g/mol. The molecule has 0 aliphatic heterocycles. The van der Waals surface area contributed by atoms with Gasteiger partial charge in [0.15, 0.2) is 23.1 Å². The van der Waals surface area contributed by atoms with Gasteiger partial charge in [-0.15, -0.1) is 0 Å². The van der Waals surface area contributed by atoms with Gasteiger partial charge in [0.25, 0.3) is 5.91 Å². The highest BCUT2D eigenvalue weighted by molar-refractivity contribution is 6.02. The van der Waals surface area contributed by atoms with E-state index in [4.69, 9.17) is 9.47 Å². The zero-order chi connectivity index (χ0) is 20.1. The van der Waals surface area contributed by atoms with Gasteiger partial charge in [0.05, 0.1) is 26.6 Å². The lowest BCUT2D eigenvalue weighted by Gasteiger charge is -2.10. The minimum Gasteiger partial charge on any atom is -0.493 e. The lowest BCUT2D eigenvalue weighted by Crippen LogP contribution is -2.14. The monoisotopic (exact) mass is 386 g/mol. The Bertz CT molecular complexity index is 997. The third-order valence-corrected chi connectivity index (χ3v) is 3.72. The maximum absolute atomic E-state index is 13.2. The molecule has 9 heteroatoms. The van der Waals surface area contributed by atoms with Crippen molar-refractivity contribution in [3.05, 3.63) is 66.1 Å². The quantitative estimate of drug-likeness (QED) is 0.671. The number of carbonyl (C=O) groups excluding carboxylic acids is 1. The predicted octanol–water partition coefficient (Wildman–Crippen LogP) is 3.77. The number of benzene rings is 2. The lowest BCUT2D eigenvalue weighted by atomic mass is 10.2. The number of amides is 1. The van der Waals surface area contributed by atoms with E-state index >= 15 is 0 Å². The summed E-state index contributed by atoms with van der Waals surface area (Å²) in [5, 5.41) is 5.45. The molecule has 7 nitrogen and oxygen atoms in total. The minimum absolute atomic E-state index is 0.0746. The van der Waals surface area contributed by atoms with Crippen molar-refractivity contribution in [2.24, 2.45) is 0 Å². The Labute approximate surface area is 159 Å². The Balaban J connectivity index is 1.69. The summed E-state index contributed by atoms with van der Waals surface area (Å²) in [6.07, 6.45) is 2.57. The summed E-state index contributed by atoms with van der Waals surface area (Å²) in [6, 6.07) is 8.28. The summed E-state index contributed by atoms with van der Waals surface area (Å²) < 4.78 is 36.5. The van der Waals surface area contributed by atoms with Crippen LogP contribution >= 0.6 is 0 Å². The van der Waals surface area contributed by atoms with E-state index in [2.05, 4.69) is 20.6 Å². The maximum atomic E-state index is 13.2. The van der Waals surface area contributed by atoms with Gasteiger partial charge in [0.2, 0.25) is 0 Å². The van der Waals surface area contributed by atoms with Gasteiger partial charge in [-0.1, -0.05) is 0 Å². The Morgan fingerprint density at radius 2 is 1.64 bits per heavy atom. The molecule has 0 aliphatic carbocycles. The number of nitrogens with zero attached hydrogens (tertiary/aromatic N) is 2. The van der Waals surface area contributed by atoms with E-state index < -0.39 is 17.5 Å². The van der Waals surface area contributed by atoms with Crippen molar-refractivity contribution in [3.8, 4) is 11.5 Å². The average molecular weight is 386 g/mol. The van der Waals surface area contributed by atoms with Gasteiger partial charge in [-0.2, -0.15) is 0 Å². The van der Waals surface area contributed by atoms with Crippen molar-refractivity contribution in [2.45, 2.75) is 0 Å². The normalized spacial score (nSPS) is 10.3. The van der Waals surface area contributed by atoms with E-state index in [9.17, 15) is 13.6 Å². The van der Waals surface area contributed by atoms with Gasteiger partial charge in [-0.3, -0.25) is 4.79 Å². The summed E-state index contributed by atoms with van der Waals surface area (Å²) in [5.74, 6) is -1.12. The smallest absolute Gasteiger partial charge is 0.275 e. The molecule has 1 aromatic heterocycles. The number of nitrogens with one attached hydrogen (secondary N) is 2. The molecule has 0 aliphatic rings. The molecule has 0 bridgehead atoms. The first-order valence-corrected chi connectivity index (χ1v) is 8.07. The molecule has 0 unspecified atom stereocenters. The highest BCUT2D eigenvalue weighted by atomic mass is 19.2. The Hall–Kier alpha value is -3.75. The number of carbonyl (C=O) groups is 1. The van der Waals surface area contributed by atoms with E-state index in [0.29, 0.717) is 22.9 Å². The van der Waals surface area contributed by atoms with Crippen LogP contribution in [0.1, 0.15) is 10.5 Å². The average Bonchev–Trinajstić information content (AvgIpc) is 2.71. The van der Waals surface area contributed by atoms with Crippen molar-refractivity contribution in [3.63, 3.8) is 0 Å². The van der Waals surface area contributed by atoms with Crippen molar-refractivity contribution in [1.29, 1.82) is 0 Å². The standard InChI is InChI=1S/C19H16F2N4O3/c1-27-16-6-4-12(8-17(16)28-2)25-19(26)15-9-23-18(10-22-15)24-11-3-5-13(20)14(21)7-11/h3-10H,1-2H3,(H,23,24)(H,25,26). The lowest BCUT2D eigenvalue weighted by molar-refractivity contribution is 0.102. The highest BCUT2D eigenvalue weighted by Gasteiger charge is 2.11. The summed E-state index contributed by atoms with van der Waals surface area (Å²) in [7, 11) is 3.01. The molecule has 2 aromatic carbocycles. The van der Waals surface area contributed by atoms with Crippen LogP contribution in [-0.2, 0) is 0 Å². The summed E-state index contributed by atoms with van der Waals surface area (Å²) in [4.78, 5) is 20.4. The van der Waals surface area contributed by atoms with E-state index in [1.165, 1.54) is 32.7 Å². The first-order valence-electron chi connectivity index (χ1n) is 8.07. The van der Waals surface area contributed by atoms with E-state index in [1.807, 2.05) is 0 Å². The van der Waals surface area contributed by atoms with Crippen LogP contribution in [0.2, 0.25) is 0 Å². The van der Waals surface area contributed by atoms with Crippen molar-refractivity contribution >= 4 is 23.1 Å². The predicted molar refractivity (Wildman–Crippen MR) is 99.2 cm³/mol.